The lowest BCUT2D eigenvalue weighted by Crippen LogP contribution is -1.99. The van der Waals surface area contributed by atoms with Crippen molar-refractivity contribution < 1.29 is 0 Å². The molecular formula is C37H26N2S. The van der Waals surface area contributed by atoms with Crippen LogP contribution in [0.2, 0.25) is 0 Å². The Balaban J connectivity index is 1.42. The van der Waals surface area contributed by atoms with E-state index in [9.17, 15) is 0 Å². The zero-order valence-electron chi connectivity index (χ0n) is 21.8. The number of thiophene rings is 1. The second-order valence-electron chi connectivity index (χ2n) is 10.3. The molecule has 6 aromatic carbocycles. The van der Waals surface area contributed by atoms with E-state index in [0.717, 1.165) is 11.3 Å². The Morgan fingerprint density at radius 2 is 1.32 bits per heavy atom. The van der Waals surface area contributed by atoms with E-state index in [4.69, 9.17) is 5.73 Å². The average molecular weight is 531 g/mol. The summed E-state index contributed by atoms with van der Waals surface area (Å²) in [6.07, 6.45) is 0. The minimum Gasteiger partial charge on any atom is -0.326 e. The van der Waals surface area contributed by atoms with Crippen molar-refractivity contribution in [2.45, 2.75) is 6.54 Å². The van der Waals surface area contributed by atoms with Crippen LogP contribution in [0.4, 0.5) is 0 Å². The van der Waals surface area contributed by atoms with Gasteiger partial charge in [-0.1, -0.05) is 97.1 Å². The van der Waals surface area contributed by atoms with Crippen molar-refractivity contribution >= 4 is 53.3 Å². The van der Waals surface area contributed by atoms with Crippen LogP contribution in [-0.2, 0) is 6.54 Å². The summed E-state index contributed by atoms with van der Waals surface area (Å²) < 4.78 is 5.06. The lowest BCUT2D eigenvalue weighted by molar-refractivity contribution is 1.06. The zero-order chi connectivity index (χ0) is 26.6. The van der Waals surface area contributed by atoms with Crippen molar-refractivity contribution in [3.8, 4) is 27.9 Å². The van der Waals surface area contributed by atoms with Crippen molar-refractivity contribution in [2.75, 3.05) is 0 Å². The smallest absolute Gasteiger partial charge is 0.0547 e. The molecular weight excluding hydrogens is 504 g/mol. The maximum atomic E-state index is 6.06. The van der Waals surface area contributed by atoms with Gasteiger partial charge in [-0.05, 0) is 64.2 Å². The molecule has 0 bridgehead atoms. The van der Waals surface area contributed by atoms with Gasteiger partial charge in [-0.15, -0.1) is 11.3 Å². The van der Waals surface area contributed by atoms with Gasteiger partial charge in [0.05, 0.1) is 11.0 Å². The predicted octanol–water partition coefficient (Wildman–Crippen LogP) is 9.94. The SMILES string of the molecule is NCc1cccc(-n2c3ccc(-c4ccccc4)cc3c3ccc(-c4cccc5c4sc4ccccc45)cc32)c1. The predicted molar refractivity (Wildman–Crippen MR) is 172 cm³/mol. The number of aromatic nitrogens is 1. The molecule has 8 aromatic rings. The standard InChI is InChI=1S/C37H26N2S/c38-23-24-8-6-11-28(20-24)39-34-19-17-26(25-9-2-1-3-10-25)21-33(34)30-18-16-27(22-35(30)39)29-13-7-14-32-31-12-4-5-15-36(31)40-37(29)32/h1-22H,23,38H2. The number of benzene rings is 6. The van der Waals surface area contributed by atoms with Crippen LogP contribution in [0.15, 0.2) is 133 Å². The Labute approximate surface area is 236 Å². The van der Waals surface area contributed by atoms with Gasteiger partial charge in [0.25, 0.3) is 0 Å². The summed E-state index contributed by atoms with van der Waals surface area (Å²) in [5.41, 5.74) is 15.7. The van der Waals surface area contributed by atoms with E-state index in [2.05, 4.69) is 138 Å². The van der Waals surface area contributed by atoms with Crippen LogP contribution < -0.4 is 5.73 Å². The third kappa shape index (κ3) is 3.60. The molecule has 0 spiro atoms. The molecule has 0 saturated carbocycles. The van der Waals surface area contributed by atoms with E-state index in [-0.39, 0.29) is 0 Å². The van der Waals surface area contributed by atoms with Crippen LogP contribution in [0.5, 0.6) is 0 Å². The van der Waals surface area contributed by atoms with E-state index in [0.29, 0.717) is 6.54 Å². The van der Waals surface area contributed by atoms with Gasteiger partial charge in [0.15, 0.2) is 0 Å². The fraction of sp³-hybridized carbons (Fsp3) is 0.0270. The quantitative estimate of drug-likeness (QED) is 0.241. The molecule has 3 heteroatoms. The van der Waals surface area contributed by atoms with Crippen molar-refractivity contribution in [3.05, 3.63) is 139 Å². The molecule has 0 unspecified atom stereocenters. The third-order valence-corrected chi connectivity index (χ3v) is 9.21. The van der Waals surface area contributed by atoms with Crippen molar-refractivity contribution in [1.29, 1.82) is 0 Å². The summed E-state index contributed by atoms with van der Waals surface area (Å²) >= 11 is 1.88. The first-order valence-corrected chi connectivity index (χ1v) is 14.4. The Morgan fingerprint density at radius 1 is 0.525 bits per heavy atom. The van der Waals surface area contributed by atoms with Crippen LogP contribution in [0, 0.1) is 0 Å². The fourth-order valence-corrected chi connectivity index (χ4v) is 7.31. The Kier molecular flexibility index (Phi) is 5.34. The summed E-state index contributed by atoms with van der Waals surface area (Å²) in [4.78, 5) is 0. The lowest BCUT2D eigenvalue weighted by Gasteiger charge is -2.11. The molecule has 0 amide bonds. The van der Waals surface area contributed by atoms with E-state index in [1.165, 1.54) is 64.2 Å². The zero-order valence-corrected chi connectivity index (χ0v) is 22.7. The molecule has 0 aliphatic carbocycles. The molecule has 2 N–H and O–H groups in total. The number of nitrogens with two attached hydrogens (primary N) is 1. The molecule has 2 nitrogen and oxygen atoms in total. The molecule has 0 atom stereocenters. The highest BCUT2D eigenvalue weighted by atomic mass is 32.1. The Morgan fingerprint density at radius 3 is 2.23 bits per heavy atom. The molecule has 40 heavy (non-hydrogen) atoms. The van der Waals surface area contributed by atoms with Gasteiger partial charge in [0, 0.05) is 43.2 Å². The van der Waals surface area contributed by atoms with Gasteiger partial charge in [-0.3, -0.25) is 0 Å². The van der Waals surface area contributed by atoms with E-state index in [1.54, 1.807) is 0 Å². The number of hydrogen-bond acceptors (Lipinski definition) is 2. The molecule has 2 heterocycles. The summed E-state index contributed by atoms with van der Waals surface area (Å²) in [6, 6.07) is 48.4. The monoisotopic (exact) mass is 530 g/mol. The van der Waals surface area contributed by atoms with Crippen LogP contribution in [-0.4, -0.2) is 4.57 Å². The topological polar surface area (TPSA) is 30.9 Å². The minimum absolute atomic E-state index is 0.516. The van der Waals surface area contributed by atoms with Crippen molar-refractivity contribution in [2.24, 2.45) is 5.73 Å². The van der Waals surface area contributed by atoms with Crippen molar-refractivity contribution in [1.82, 2.24) is 4.57 Å². The van der Waals surface area contributed by atoms with Gasteiger partial charge in [0.2, 0.25) is 0 Å². The highest BCUT2D eigenvalue weighted by Gasteiger charge is 2.16. The Bertz CT molecular complexity index is 2200. The Hall–Kier alpha value is -4.70. The average Bonchev–Trinajstić information content (AvgIpc) is 3.56. The molecule has 0 saturated heterocycles. The van der Waals surface area contributed by atoms with Gasteiger partial charge < -0.3 is 10.3 Å². The summed E-state index contributed by atoms with van der Waals surface area (Å²) in [5.74, 6) is 0. The van der Waals surface area contributed by atoms with E-state index >= 15 is 0 Å². The fourth-order valence-electron chi connectivity index (χ4n) is 6.07. The maximum absolute atomic E-state index is 6.06. The van der Waals surface area contributed by atoms with Gasteiger partial charge >= 0.3 is 0 Å². The normalized spacial score (nSPS) is 11.7. The first-order chi connectivity index (χ1) is 19.8. The summed E-state index contributed by atoms with van der Waals surface area (Å²) in [6.45, 7) is 0.516. The molecule has 8 rings (SSSR count). The van der Waals surface area contributed by atoms with Gasteiger partial charge in [-0.2, -0.15) is 0 Å². The third-order valence-electron chi connectivity index (χ3n) is 7.99. The van der Waals surface area contributed by atoms with Crippen LogP contribution in [0.3, 0.4) is 0 Å². The molecule has 0 aliphatic heterocycles. The van der Waals surface area contributed by atoms with Crippen LogP contribution >= 0.6 is 11.3 Å². The second-order valence-corrected chi connectivity index (χ2v) is 11.4. The van der Waals surface area contributed by atoms with Crippen LogP contribution in [0.1, 0.15) is 5.56 Å². The largest absolute Gasteiger partial charge is 0.326 e. The second kappa shape index (κ2) is 9.20. The lowest BCUT2D eigenvalue weighted by atomic mass is 10.00. The number of rotatable bonds is 4. The van der Waals surface area contributed by atoms with Crippen molar-refractivity contribution in [3.63, 3.8) is 0 Å². The molecule has 2 aromatic heterocycles. The van der Waals surface area contributed by atoms with Gasteiger partial charge in [0.1, 0.15) is 0 Å². The molecule has 0 aliphatic rings. The number of nitrogens with zero attached hydrogens (tertiary/aromatic N) is 1. The summed E-state index contributed by atoms with van der Waals surface area (Å²) in [7, 11) is 0. The van der Waals surface area contributed by atoms with E-state index in [1.807, 2.05) is 11.3 Å². The number of hydrogen-bond donors (Lipinski definition) is 1. The minimum atomic E-state index is 0.516. The maximum Gasteiger partial charge on any atom is 0.0547 e. The van der Waals surface area contributed by atoms with Crippen LogP contribution in [0.25, 0.3) is 69.9 Å². The van der Waals surface area contributed by atoms with Gasteiger partial charge in [-0.25, -0.2) is 0 Å². The first-order valence-electron chi connectivity index (χ1n) is 13.6. The first kappa shape index (κ1) is 23.2. The molecule has 0 radical (unpaired) electrons. The highest BCUT2D eigenvalue weighted by molar-refractivity contribution is 7.26. The number of fused-ring (bicyclic) bond motifs is 6. The highest BCUT2D eigenvalue weighted by Crippen LogP contribution is 2.42. The molecule has 0 fully saturated rings. The van der Waals surface area contributed by atoms with E-state index < -0.39 is 0 Å². The molecule has 190 valence electrons. The summed E-state index contributed by atoms with van der Waals surface area (Å²) in [5, 5.41) is 5.15.